The van der Waals surface area contributed by atoms with Crippen molar-refractivity contribution in [2.45, 2.75) is 83.2 Å². The van der Waals surface area contributed by atoms with E-state index >= 15 is 0 Å². The molecule has 3 unspecified atom stereocenters. The minimum absolute atomic E-state index is 0.0620. The Bertz CT molecular complexity index is 334. The van der Waals surface area contributed by atoms with Gasteiger partial charge in [-0.2, -0.15) is 0 Å². The van der Waals surface area contributed by atoms with Crippen molar-refractivity contribution >= 4 is 5.97 Å². The molecule has 0 aromatic rings. The van der Waals surface area contributed by atoms with Gasteiger partial charge < -0.3 is 14.6 Å². The molecule has 19 heavy (non-hydrogen) atoms. The summed E-state index contributed by atoms with van der Waals surface area (Å²) in [6.07, 6.45) is 6.15. The van der Waals surface area contributed by atoms with Crippen LogP contribution in [0.2, 0.25) is 0 Å². The molecule has 110 valence electrons. The first-order valence-electron chi connectivity index (χ1n) is 7.39. The Kier molecular flexibility index (Phi) is 4.21. The van der Waals surface area contributed by atoms with Crippen LogP contribution in [0.15, 0.2) is 0 Å². The van der Waals surface area contributed by atoms with E-state index in [1.165, 1.54) is 12.8 Å². The van der Waals surface area contributed by atoms with Gasteiger partial charge in [0.15, 0.2) is 5.79 Å². The van der Waals surface area contributed by atoms with Crippen LogP contribution in [0.1, 0.15) is 65.7 Å². The quantitative estimate of drug-likeness (QED) is 0.784. The molecule has 1 aliphatic heterocycles. The Morgan fingerprint density at radius 2 is 2.00 bits per heavy atom. The zero-order valence-electron chi connectivity index (χ0n) is 12.3. The molecule has 1 saturated carbocycles. The van der Waals surface area contributed by atoms with E-state index in [1.807, 2.05) is 20.8 Å². The van der Waals surface area contributed by atoms with Gasteiger partial charge in [0.05, 0.1) is 12.5 Å². The highest BCUT2D eigenvalue weighted by Crippen LogP contribution is 2.40. The zero-order valence-corrected chi connectivity index (χ0v) is 12.3. The van der Waals surface area contributed by atoms with Crippen LogP contribution in [0, 0.1) is 5.92 Å². The molecule has 0 aromatic heterocycles. The summed E-state index contributed by atoms with van der Waals surface area (Å²) in [6.45, 7) is 5.48. The average Bonchev–Trinajstić information content (AvgIpc) is 2.25. The van der Waals surface area contributed by atoms with Crippen molar-refractivity contribution in [3.05, 3.63) is 0 Å². The SMILES string of the molecule is CC(C)(C)OC(=O)CC1(O)CCC2CCCCC2O1. The number of esters is 1. The van der Waals surface area contributed by atoms with Gasteiger partial charge in [-0.3, -0.25) is 4.79 Å². The van der Waals surface area contributed by atoms with Gasteiger partial charge in [0.2, 0.25) is 0 Å². The predicted molar refractivity (Wildman–Crippen MR) is 71.5 cm³/mol. The van der Waals surface area contributed by atoms with Crippen molar-refractivity contribution in [2.75, 3.05) is 0 Å². The van der Waals surface area contributed by atoms with Crippen LogP contribution >= 0.6 is 0 Å². The molecular formula is C15H26O4. The molecule has 3 atom stereocenters. The van der Waals surface area contributed by atoms with E-state index in [0.29, 0.717) is 12.3 Å². The van der Waals surface area contributed by atoms with Gasteiger partial charge in [-0.1, -0.05) is 12.8 Å². The highest BCUT2D eigenvalue weighted by Gasteiger charge is 2.43. The zero-order chi connectivity index (χ0) is 14.1. The number of aliphatic hydroxyl groups is 1. The molecule has 1 N–H and O–H groups in total. The van der Waals surface area contributed by atoms with E-state index in [2.05, 4.69) is 0 Å². The fourth-order valence-corrected chi connectivity index (χ4v) is 3.14. The van der Waals surface area contributed by atoms with Gasteiger partial charge in [-0.25, -0.2) is 0 Å². The smallest absolute Gasteiger partial charge is 0.311 e. The van der Waals surface area contributed by atoms with E-state index < -0.39 is 11.4 Å². The largest absolute Gasteiger partial charge is 0.460 e. The number of hydrogen-bond acceptors (Lipinski definition) is 4. The fourth-order valence-electron chi connectivity index (χ4n) is 3.14. The van der Waals surface area contributed by atoms with Gasteiger partial charge in [-0.15, -0.1) is 0 Å². The minimum atomic E-state index is -1.32. The highest BCUT2D eigenvalue weighted by molar-refractivity contribution is 5.70. The maximum atomic E-state index is 11.8. The number of carbonyl (C=O) groups excluding carboxylic acids is 1. The lowest BCUT2D eigenvalue weighted by Gasteiger charge is -2.43. The minimum Gasteiger partial charge on any atom is -0.460 e. The maximum Gasteiger partial charge on any atom is 0.311 e. The summed E-state index contributed by atoms with van der Waals surface area (Å²) >= 11 is 0. The first-order chi connectivity index (χ1) is 8.77. The lowest BCUT2D eigenvalue weighted by Crippen LogP contribution is -2.47. The molecule has 0 bridgehead atoms. The third kappa shape index (κ3) is 4.18. The van der Waals surface area contributed by atoms with Crippen molar-refractivity contribution in [2.24, 2.45) is 5.92 Å². The topological polar surface area (TPSA) is 55.8 Å². The Morgan fingerprint density at radius 3 is 2.68 bits per heavy atom. The molecule has 0 aromatic carbocycles. The summed E-state index contributed by atoms with van der Waals surface area (Å²) < 4.78 is 11.1. The normalized spacial score (nSPS) is 35.6. The third-order valence-electron chi connectivity index (χ3n) is 3.96. The third-order valence-corrected chi connectivity index (χ3v) is 3.96. The number of fused-ring (bicyclic) bond motifs is 1. The van der Waals surface area contributed by atoms with E-state index in [9.17, 15) is 9.90 Å². The molecule has 4 nitrogen and oxygen atoms in total. The Morgan fingerprint density at radius 1 is 1.32 bits per heavy atom. The lowest BCUT2D eigenvalue weighted by atomic mass is 9.79. The van der Waals surface area contributed by atoms with Crippen LogP contribution in [-0.2, 0) is 14.3 Å². The Balaban J connectivity index is 1.90. The molecule has 1 saturated heterocycles. The van der Waals surface area contributed by atoms with Crippen molar-refractivity contribution in [3.8, 4) is 0 Å². The van der Waals surface area contributed by atoms with Gasteiger partial charge in [-0.05, 0) is 46.0 Å². The van der Waals surface area contributed by atoms with E-state index in [0.717, 1.165) is 19.3 Å². The summed E-state index contributed by atoms with van der Waals surface area (Å²) in [7, 11) is 0. The molecule has 1 heterocycles. The number of rotatable bonds is 2. The monoisotopic (exact) mass is 270 g/mol. The van der Waals surface area contributed by atoms with Gasteiger partial charge in [0, 0.05) is 6.42 Å². The van der Waals surface area contributed by atoms with Crippen LogP contribution in [0.4, 0.5) is 0 Å². The van der Waals surface area contributed by atoms with Crippen LogP contribution in [-0.4, -0.2) is 28.6 Å². The first-order valence-corrected chi connectivity index (χ1v) is 7.39. The standard InChI is InChI=1S/C15H26O4/c1-14(2,3)19-13(16)10-15(17)9-8-11-6-4-5-7-12(11)18-15/h11-12,17H,4-10H2,1-3H3. The van der Waals surface area contributed by atoms with Crippen LogP contribution < -0.4 is 0 Å². The molecule has 0 radical (unpaired) electrons. The molecule has 2 rings (SSSR count). The second-order valence-corrected chi connectivity index (χ2v) is 6.95. The van der Waals surface area contributed by atoms with Crippen molar-refractivity contribution < 1.29 is 19.4 Å². The lowest BCUT2D eigenvalue weighted by molar-refractivity contribution is -0.276. The molecule has 2 aliphatic rings. The molecule has 0 spiro atoms. The summed E-state index contributed by atoms with van der Waals surface area (Å²) in [5, 5.41) is 10.5. The second kappa shape index (κ2) is 5.41. The van der Waals surface area contributed by atoms with Gasteiger partial charge in [0.25, 0.3) is 0 Å². The maximum absolute atomic E-state index is 11.8. The van der Waals surface area contributed by atoms with E-state index in [4.69, 9.17) is 9.47 Å². The van der Waals surface area contributed by atoms with E-state index in [1.54, 1.807) is 0 Å². The molecule has 4 heteroatoms. The summed E-state index contributed by atoms with van der Waals surface area (Å²) in [4.78, 5) is 11.8. The first kappa shape index (κ1) is 14.8. The number of hydrogen-bond donors (Lipinski definition) is 1. The van der Waals surface area contributed by atoms with Gasteiger partial charge in [0.1, 0.15) is 5.60 Å². The molecular weight excluding hydrogens is 244 g/mol. The van der Waals surface area contributed by atoms with Crippen molar-refractivity contribution in [3.63, 3.8) is 0 Å². The summed E-state index contributed by atoms with van der Waals surface area (Å²) in [5.41, 5.74) is -0.518. The second-order valence-electron chi connectivity index (χ2n) is 6.95. The summed E-state index contributed by atoms with van der Waals surface area (Å²) in [6, 6.07) is 0. The average molecular weight is 270 g/mol. The molecule has 2 fully saturated rings. The Hall–Kier alpha value is -0.610. The van der Waals surface area contributed by atoms with Gasteiger partial charge >= 0.3 is 5.97 Å². The van der Waals surface area contributed by atoms with Crippen LogP contribution in [0.5, 0.6) is 0 Å². The summed E-state index contributed by atoms with van der Waals surface area (Å²) in [5.74, 6) is -1.14. The Labute approximate surface area is 115 Å². The highest BCUT2D eigenvalue weighted by atomic mass is 16.6. The fraction of sp³-hybridized carbons (Fsp3) is 0.933. The van der Waals surface area contributed by atoms with Crippen molar-refractivity contribution in [1.29, 1.82) is 0 Å². The predicted octanol–water partition coefficient (Wildman–Crippen LogP) is 2.78. The number of carbonyl (C=O) groups is 1. The van der Waals surface area contributed by atoms with Crippen molar-refractivity contribution in [1.82, 2.24) is 0 Å². The molecule has 0 amide bonds. The van der Waals surface area contributed by atoms with Crippen LogP contribution in [0.25, 0.3) is 0 Å². The van der Waals surface area contributed by atoms with Crippen LogP contribution in [0.3, 0.4) is 0 Å². The van der Waals surface area contributed by atoms with E-state index in [-0.39, 0.29) is 18.5 Å². The molecule has 1 aliphatic carbocycles. The number of ether oxygens (including phenoxy) is 2.